The summed E-state index contributed by atoms with van der Waals surface area (Å²) in [4.78, 5) is 11.7. The van der Waals surface area contributed by atoms with Crippen LogP contribution in [-0.2, 0) is 11.3 Å². The van der Waals surface area contributed by atoms with Crippen molar-refractivity contribution in [1.82, 2.24) is 5.32 Å². The number of nitrogens with one attached hydrogen (secondary N) is 1. The van der Waals surface area contributed by atoms with Crippen LogP contribution in [0.3, 0.4) is 0 Å². The van der Waals surface area contributed by atoms with Crippen molar-refractivity contribution in [3.8, 4) is 0 Å². The first-order chi connectivity index (χ1) is 9.15. The van der Waals surface area contributed by atoms with Gasteiger partial charge in [-0.15, -0.1) is 0 Å². The third-order valence-electron chi connectivity index (χ3n) is 3.33. The maximum Gasteiger partial charge on any atom is 0.220 e. The first kappa shape index (κ1) is 15.6. The van der Waals surface area contributed by atoms with Gasteiger partial charge in [0, 0.05) is 13.0 Å². The average Bonchev–Trinajstić information content (AvgIpc) is 2.42. The normalized spacial score (nSPS) is 12.2. The quantitative estimate of drug-likeness (QED) is 0.760. The van der Waals surface area contributed by atoms with E-state index in [1.165, 1.54) is 12.1 Å². The largest absolute Gasteiger partial charge is 0.352 e. The highest BCUT2D eigenvalue weighted by Gasteiger charge is 2.08. The molecular weight excluding hydrogens is 243 g/mol. The lowest BCUT2D eigenvalue weighted by Gasteiger charge is -2.13. The third-order valence-corrected chi connectivity index (χ3v) is 3.33. The second-order valence-electron chi connectivity index (χ2n) is 4.79. The van der Waals surface area contributed by atoms with Crippen LogP contribution in [-0.4, -0.2) is 12.5 Å². The van der Waals surface area contributed by atoms with Crippen LogP contribution < -0.4 is 11.1 Å². The fraction of sp³-hybridized carbons (Fsp3) is 0.533. The number of hydrogen-bond acceptors (Lipinski definition) is 2. The summed E-state index contributed by atoms with van der Waals surface area (Å²) in [7, 11) is 0. The Labute approximate surface area is 114 Å². The fourth-order valence-corrected chi connectivity index (χ4v) is 2.01. The minimum absolute atomic E-state index is 0.0415. The van der Waals surface area contributed by atoms with Gasteiger partial charge in [-0.2, -0.15) is 0 Å². The highest BCUT2D eigenvalue weighted by Crippen LogP contribution is 2.14. The third kappa shape index (κ3) is 6.34. The van der Waals surface area contributed by atoms with E-state index in [9.17, 15) is 9.18 Å². The Bertz CT molecular complexity index is 378. The lowest BCUT2D eigenvalue weighted by atomic mass is 9.96. The second-order valence-corrected chi connectivity index (χ2v) is 4.79. The lowest BCUT2D eigenvalue weighted by molar-refractivity contribution is -0.121. The van der Waals surface area contributed by atoms with Crippen LogP contribution in [0.1, 0.15) is 38.2 Å². The van der Waals surface area contributed by atoms with Crippen molar-refractivity contribution < 1.29 is 9.18 Å². The molecule has 3 nitrogen and oxygen atoms in total. The van der Waals surface area contributed by atoms with Gasteiger partial charge in [-0.25, -0.2) is 4.39 Å². The second kappa shape index (κ2) is 8.64. The van der Waals surface area contributed by atoms with Crippen LogP contribution in [0.2, 0.25) is 0 Å². The maximum atomic E-state index is 12.7. The number of nitrogens with two attached hydrogens (primary N) is 1. The van der Waals surface area contributed by atoms with Gasteiger partial charge in [0.15, 0.2) is 0 Å². The molecule has 0 heterocycles. The van der Waals surface area contributed by atoms with Crippen LogP contribution in [0.4, 0.5) is 4.39 Å². The van der Waals surface area contributed by atoms with E-state index in [4.69, 9.17) is 5.73 Å². The molecule has 1 aromatic carbocycles. The number of hydrogen-bond donors (Lipinski definition) is 2. The van der Waals surface area contributed by atoms with E-state index in [0.717, 1.165) is 24.8 Å². The van der Waals surface area contributed by atoms with Gasteiger partial charge >= 0.3 is 0 Å². The number of benzene rings is 1. The van der Waals surface area contributed by atoms with E-state index in [0.29, 0.717) is 25.4 Å². The molecular formula is C15H23FN2O. The van der Waals surface area contributed by atoms with Crippen molar-refractivity contribution in [2.45, 2.75) is 39.2 Å². The summed E-state index contributed by atoms with van der Waals surface area (Å²) in [5.41, 5.74) is 6.43. The highest BCUT2D eigenvalue weighted by atomic mass is 19.1. The summed E-state index contributed by atoms with van der Waals surface area (Å²) >= 11 is 0. The van der Waals surface area contributed by atoms with Crippen molar-refractivity contribution >= 4 is 5.91 Å². The van der Waals surface area contributed by atoms with E-state index in [-0.39, 0.29) is 11.7 Å². The summed E-state index contributed by atoms with van der Waals surface area (Å²) in [5.74, 6) is 0.309. The monoisotopic (exact) mass is 266 g/mol. The van der Waals surface area contributed by atoms with Gasteiger partial charge in [0.05, 0.1) is 0 Å². The molecule has 0 radical (unpaired) electrons. The van der Waals surface area contributed by atoms with Gasteiger partial charge < -0.3 is 11.1 Å². The molecule has 0 aromatic heterocycles. The zero-order chi connectivity index (χ0) is 14.1. The number of rotatable bonds is 8. The Morgan fingerprint density at radius 1 is 1.32 bits per heavy atom. The van der Waals surface area contributed by atoms with Gasteiger partial charge in [0.1, 0.15) is 5.82 Å². The zero-order valence-electron chi connectivity index (χ0n) is 11.5. The molecule has 0 spiro atoms. The molecule has 19 heavy (non-hydrogen) atoms. The van der Waals surface area contributed by atoms with E-state index >= 15 is 0 Å². The topological polar surface area (TPSA) is 55.1 Å². The van der Waals surface area contributed by atoms with Crippen molar-refractivity contribution in [3.63, 3.8) is 0 Å². The molecule has 106 valence electrons. The molecule has 0 saturated heterocycles. The molecule has 0 aliphatic heterocycles. The Balaban J connectivity index is 2.25. The fourth-order valence-electron chi connectivity index (χ4n) is 2.01. The smallest absolute Gasteiger partial charge is 0.220 e. The summed E-state index contributed by atoms with van der Waals surface area (Å²) in [6.07, 6.45) is 3.44. The standard InChI is InChI=1S/C15H23FN2O/c1-2-12(9-10-17)5-8-15(19)18-11-13-3-6-14(16)7-4-13/h3-4,6-7,12H,2,5,8-11,17H2,1H3,(H,18,19). The van der Waals surface area contributed by atoms with Crippen molar-refractivity contribution in [3.05, 3.63) is 35.6 Å². The first-order valence-corrected chi connectivity index (χ1v) is 6.87. The van der Waals surface area contributed by atoms with Gasteiger partial charge in [0.25, 0.3) is 0 Å². The maximum absolute atomic E-state index is 12.7. The van der Waals surface area contributed by atoms with E-state index < -0.39 is 0 Å². The Hall–Kier alpha value is -1.42. The lowest BCUT2D eigenvalue weighted by Crippen LogP contribution is -2.23. The van der Waals surface area contributed by atoms with Crippen LogP contribution >= 0.6 is 0 Å². The molecule has 0 bridgehead atoms. The van der Waals surface area contributed by atoms with Crippen molar-refractivity contribution in [2.24, 2.45) is 11.7 Å². The van der Waals surface area contributed by atoms with Gasteiger partial charge in [-0.05, 0) is 43.0 Å². The van der Waals surface area contributed by atoms with Gasteiger partial charge in [-0.1, -0.05) is 25.5 Å². The van der Waals surface area contributed by atoms with E-state index in [1.54, 1.807) is 12.1 Å². The predicted octanol–water partition coefficient (Wildman–Crippen LogP) is 2.60. The number of carbonyl (C=O) groups excluding carboxylic acids is 1. The molecule has 1 unspecified atom stereocenters. The van der Waals surface area contributed by atoms with Gasteiger partial charge in [0.2, 0.25) is 5.91 Å². The van der Waals surface area contributed by atoms with E-state index in [1.807, 2.05) is 0 Å². The molecule has 0 saturated carbocycles. The minimum atomic E-state index is -0.261. The minimum Gasteiger partial charge on any atom is -0.352 e. The first-order valence-electron chi connectivity index (χ1n) is 6.87. The average molecular weight is 266 g/mol. The summed E-state index contributed by atoms with van der Waals surface area (Å²) < 4.78 is 12.7. The molecule has 1 atom stereocenters. The summed E-state index contributed by atoms with van der Waals surface area (Å²) in [5, 5.41) is 2.85. The van der Waals surface area contributed by atoms with Crippen LogP contribution in [0.5, 0.6) is 0 Å². The van der Waals surface area contributed by atoms with Crippen LogP contribution in [0, 0.1) is 11.7 Å². The number of carbonyl (C=O) groups is 1. The predicted molar refractivity (Wildman–Crippen MR) is 74.9 cm³/mol. The summed E-state index contributed by atoms with van der Waals surface area (Å²) in [6, 6.07) is 6.16. The molecule has 4 heteroatoms. The molecule has 0 fully saturated rings. The molecule has 3 N–H and O–H groups in total. The number of amides is 1. The Kier molecular flexibility index (Phi) is 7.11. The van der Waals surface area contributed by atoms with Crippen LogP contribution in [0.15, 0.2) is 24.3 Å². The SMILES string of the molecule is CCC(CCN)CCC(=O)NCc1ccc(F)cc1. The molecule has 1 rings (SSSR count). The molecule has 0 aliphatic rings. The molecule has 0 aliphatic carbocycles. The Morgan fingerprint density at radius 3 is 2.58 bits per heavy atom. The van der Waals surface area contributed by atoms with E-state index in [2.05, 4.69) is 12.2 Å². The highest BCUT2D eigenvalue weighted by molar-refractivity contribution is 5.75. The van der Waals surface area contributed by atoms with Crippen LogP contribution in [0.25, 0.3) is 0 Å². The molecule has 1 amide bonds. The Morgan fingerprint density at radius 2 is 2.00 bits per heavy atom. The summed E-state index contributed by atoms with van der Waals surface area (Å²) in [6.45, 7) is 3.25. The van der Waals surface area contributed by atoms with Crippen molar-refractivity contribution in [1.29, 1.82) is 0 Å². The zero-order valence-corrected chi connectivity index (χ0v) is 11.5. The molecule has 1 aromatic rings. The van der Waals surface area contributed by atoms with Gasteiger partial charge in [-0.3, -0.25) is 4.79 Å². The number of halogens is 1. The van der Waals surface area contributed by atoms with Crippen molar-refractivity contribution in [2.75, 3.05) is 6.54 Å².